The van der Waals surface area contributed by atoms with Crippen molar-refractivity contribution in [3.8, 4) is 22.6 Å². The van der Waals surface area contributed by atoms with Gasteiger partial charge in [-0.1, -0.05) is 35.8 Å². The molecule has 3 aromatic heterocycles. The number of rotatable bonds is 4. The first kappa shape index (κ1) is 17.4. The minimum absolute atomic E-state index is 0.219. The van der Waals surface area contributed by atoms with E-state index in [0.29, 0.717) is 17.5 Å². The molecule has 1 aliphatic rings. The van der Waals surface area contributed by atoms with Crippen LogP contribution in [0.15, 0.2) is 53.6 Å². The maximum atomic E-state index is 5.57. The van der Waals surface area contributed by atoms with Gasteiger partial charge in [0.2, 0.25) is 5.95 Å². The highest BCUT2D eigenvalue weighted by molar-refractivity contribution is 5.63. The van der Waals surface area contributed by atoms with Gasteiger partial charge >= 0.3 is 0 Å². The molecule has 0 spiro atoms. The van der Waals surface area contributed by atoms with Crippen LogP contribution in [0.1, 0.15) is 36.5 Å². The molecule has 0 amide bonds. The fourth-order valence-corrected chi connectivity index (χ4v) is 3.68. The minimum Gasteiger partial charge on any atom is -0.368 e. The average Bonchev–Trinajstić information content (AvgIpc) is 3.19. The van der Waals surface area contributed by atoms with E-state index in [1.165, 1.54) is 5.56 Å². The quantitative estimate of drug-likeness (QED) is 0.568. The summed E-state index contributed by atoms with van der Waals surface area (Å²) in [5.74, 6) is 2.13. The normalized spacial score (nSPS) is 15.1. The Morgan fingerprint density at radius 3 is 2.14 bits per heavy atom. The van der Waals surface area contributed by atoms with Gasteiger partial charge in [-0.3, -0.25) is 0 Å². The minimum atomic E-state index is -0.219. The van der Waals surface area contributed by atoms with E-state index in [-0.39, 0.29) is 11.4 Å². The van der Waals surface area contributed by atoms with Gasteiger partial charge in [0.05, 0.1) is 11.0 Å². The number of aromatic nitrogens is 6. The Labute approximate surface area is 167 Å². The zero-order valence-corrected chi connectivity index (χ0v) is 15.9. The van der Waals surface area contributed by atoms with Crippen LogP contribution in [0, 0.1) is 6.92 Å². The lowest BCUT2D eigenvalue weighted by Gasteiger charge is -2.39. The highest BCUT2D eigenvalue weighted by atomic mass is 16.5. The smallest absolute Gasteiger partial charge is 0.261 e. The lowest BCUT2D eigenvalue weighted by Crippen LogP contribution is -2.36. The van der Waals surface area contributed by atoms with Gasteiger partial charge in [0, 0.05) is 30.4 Å². The number of hydrogen-bond acceptors (Lipinski definition) is 8. The van der Waals surface area contributed by atoms with Gasteiger partial charge in [-0.2, -0.15) is 4.98 Å². The summed E-state index contributed by atoms with van der Waals surface area (Å²) in [5, 5.41) is 4.30. The van der Waals surface area contributed by atoms with Gasteiger partial charge in [-0.25, -0.2) is 19.9 Å². The van der Waals surface area contributed by atoms with Gasteiger partial charge in [-0.15, -0.1) is 0 Å². The second-order valence-corrected chi connectivity index (χ2v) is 7.29. The van der Waals surface area contributed by atoms with Crippen LogP contribution in [-0.2, 0) is 5.41 Å². The van der Waals surface area contributed by atoms with Crippen molar-refractivity contribution in [1.29, 1.82) is 0 Å². The number of anilines is 1. The van der Waals surface area contributed by atoms with E-state index < -0.39 is 0 Å². The van der Waals surface area contributed by atoms with Crippen LogP contribution in [0.5, 0.6) is 0 Å². The van der Waals surface area contributed by atoms with Crippen LogP contribution in [-0.4, -0.2) is 30.1 Å². The highest BCUT2D eigenvalue weighted by Gasteiger charge is 2.44. The summed E-state index contributed by atoms with van der Waals surface area (Å²) in [4.78, 5) is 21.2. The SMILES string of the molecule is Cc1ncc(-c2nc(C3(c4ccc(-c5cnc(N)nc5)cc4)CCC3)no2)cn1. The molecule has 3 heterocycles. The fraction of sp³-hybridized carbons (Fsp3) is 0.238. The number of benzene rings is 1. The molecule has 0 radical (unpaired) electrons. The largest absolute Gasteiger partial charge is 0.368 e. The highest BCUT2D eigenvalue weighted by Crippen LogP contribution is 2.48. The molecule has 8 heteroatoms. The molecule has 1 aliphatic carbocycles. The molecular formula is C21H19N7O. The number of aryl methyl sites for hydroxylation is 1. The molecule has 0 aliphatic heterocycles. The molecule has 5 rings (SSSR count). The first-order valence-corrected chi connectivity index (χ1v) is 9.46. The molecule has 0 saturated heterocycles. The van der Waals surface area contributed by atoms with Crippen molar-refractivity contribution in [1.82, 2.24) is 30.1 Å². The molecule has 4 aromatic rings. The van der Waals surface area contributed by atoms with E-state index >= 15 is 0 Å². The number of nitrogens with zero attached hydrogens (tertiary/aromatic N) is 6. The van der Waals surface area contributed by atoms with Crippen molar-refractivity contribution in [2.75, 3.05) is 5.73 Å². The van der Waals surface area contributed by atoms with E-state index in [2.05, 4.69) is 54.3 Å². The molecule has 2 N–H and O–H groups in total. The van der Waals surface area contributed by atoms with E-state index in [9.17, 15) is 0 Å². The van der Waals surface area contributed by atoms with E-state index in [4.69, 9.17) is 10.3 Å². The first-order valence-electron chi connectivity index (χ1n) is 9.46. The standard InChI is InChI=1S/C21H19N7O/c1-13-23-11-16(12-24-13)18-27-19(28-29-18)21(7-2-8-21)17-5-3-14(4-6-17)15-9-25-20(22)26-10-15/h3-6,9-12H,2,7-8H2,1H3,(H2,22,25,26). The van der Waals surface area contributed by atoms with Gasteiger partial charge in [-0.05, 0) is 30.9 Å². The third kappa shape index (κ3) is 3.02. The second-order valence-electron chi connectivity index (χ2n) is 7.29. The van der Waals surface area contributed by atoms with Crippen LogP contribution in [0.4, 0.5) is 5.95 Å². The first-order chi connectivity index (χ1) is 14.1. The molecule has 29 heavy (non-hydrogen) atoms. The van der Waals surface area contributed by atoms with E-state index in [0.717, 1.165) is 36.0 Å². The third-order valence-electron chi connectivity index (χ3n) is 5.53. The maximum absolute atomic E-state index is 5.57. The summed E-state index contributed by atoms with van der Waals surface area (Å²) >= 11 is 0. The molecule has 8 nitrogen and oxygen atoms in total. The molecule has 1 fully saturated rings. The zero-order valence-electron chi connectivity index (χ0n) is 15.9. The average molecular weight is 385 g/mol. The molecule has 1 aromatic carbocycles. The second kappa shape index (κ2) is 6.73. The summed E-state index contributed by atoms with van der Waals surface area (Å²) in [7, 11) is 0. The Hall–Kier alpha value is -3.68. The van der Waals surface area contributed by atoms with Crippen LogP contribution in [0.3, 0.4) is 0 Å². The summed E-state index contributed by atoms with van der Waals surface area (Å²) in [6.45, 7) is 1.84. The van der Waals surface area contributed by atoms with E-state index in [1.54, 1.807) is 24.8 Å². The number of nitrogen functional groups attached to an aromatic ring is 1. The Morgan fingerprint density at radius 2 is 1.52 bits per heavy atom. The topological polar surface area (TPSA) is 116 Å². The van der Waals surface area contributed by atoms with Crippen LogP contribution in [0.25, 0.3) is 22.6 Å². The van der Waals surface area contributed by atoms with Crippen LogP contribution >= 0.6 is 0 Å². The predicted molar refractivity (Wildman–Crippen MR) is 107 cm³/mol. The molecular weight excluding hydrogens is 366 g/mol. The van der Waals surface area contributed by atoms with Crippen molar-refractivity contribution in [3.05, 3.63) is 66.3 Å². The maximum Gasteiger partial charge on any atom is 0.261 e. The molecule has 0 bridgehead atoms. The van der Waals surface area contributed by atoms with Crippen molar-refractivity contribution in [2.45, 2.75) is 31.6 Å². The monoisotopic (exact) mass is 385 g/mol. The van der Waals surface area contributed by atoms with Crippen LogP contribution < -0.4 is 5.73 Å². The summed E-state index contributed by atoms with van der Waals surface area (Å²) in [5.41, 5.74) is 9.22. The molecule has 1 saturated carbocycles. The van der Waals surface area contributed by atoms with E-state index in [1.807, 2.05) is 6.92 Å². The lowest BCUT2D eigenvalue weighted by molar-refractivity contribution is 0.273. The Kier molecular flexibility index (Phi) is 4.04. The van der Waals surface area contributed by atoms with Gasteiger partial charge in [0.25, 0.3) is 5.89 Å². The van der Waals surface area contributed by atoms with Gasteiger partial charge < -0.3 is 10.3 Å². The number of nitrogens with two attached hydrogens (primary N) is 1. The van der Waals surface area contributed by atoms with Gasteiger partial charge in [0.1, 0.15) is 5.82 Å². The summed E-state index contributed by atoms with van der Waals surface area (Å²) in [6.07, 6.45) is 9.97. The summed E-state index contributed by atoms with van der Waals surface area (Å²) in [6, 6.07) is 8.38. The fourth-order valence-electron chi connectivity index (χ4n) is 3.68. The van der Waals surface area contributed by atoms with Crippen molar-refractivity contribution >= 4 is 5.95 Å². The zero-order chi connectivity index (χ0) is 19.8. The Morgan fingerprint density at radius 1 is 0.862 bits per heavy atom. The molecule has 0 unspecified atom stereocenters. The van der Waals surface area contributed by atoms with Crippen molar-refractivity contribution in [2.24, 2.45) is 0 Å². The molecule has 0 atom stereocenters. The summed E-state index contributed by atoms with van der Waals surface area (Å²) < 4.78 is 5.53. The lowest BCUT2D eigenvalue weighted by atomic mass is 9.64. The van der Waals surface area contributed by atoms with Crippen LogP contribution in [0.2, 0.25) is 0 Å². The molecule has 144 valence electrons. The van der Waals surface area contributed by atoms with Crippen molar-refractivity contribution in [3.63, 3.8) is 0 Å². The van der Waals surface area contributed by atoms with Gasteiger partial charge in [0.15, 0.2) is 5.82 Å². The number of hydrogen-bond donors (Lipinski definition) is 1. The Balaban J connectivity index is 1.46. The predicted octanol–water partition coefficient (Wildman–Crippen LogP) is 3.34. The Bertz CT molecular complexity index is 1130. The van der Waals surface area contributed by atoms with Crippen molar-refractivity contribution < 1.29 is 4.52 Å². The third-order valence-corrected chi connectivity index (χ3v) is 5.53.